The molecule has 1 aromatic rings. The van der Waals surface area contributed by atoms with Crippen LogP contribution in [0, 0.1) is 23.7 Å². The molecule has 1 saturated carbocycles. The van der Waals surface area contributed by atoms with Gasteiger partial charge in [-0.2, -0.15) is 10.2 Å². The van der Waals surface area contributed by atoms with Crippen molar-refractivity contribution in [2.75, 3.05) is 20.1 Å². The molecule has 2 heterocycles. The van der Waals surface area contributed by atoms with Crippen molar-refractivity contribution in [2.24, 2.45) is 5.41 Å². The maximum Gasteiger partial charge on any atom is 0.243 e. The molecule has 0 N–H and O–H groups in total. The van der Waals surface area contributed by atoms with E-state index in [1.54, 1.807) is 6.92 Å². The van der Waals surface area contributed by atoms with Crippen LogP contribution in [0.3, 0.4) is 0 Å². The lowest BCUT2D eigenvalue weighted by molar-refractivity contribution is -0.140. The summed E-state index contributed by atoms with van der Waals surface area (Å²) >= 11 is 0. The highest BCUT2D eigenvalue weighted by Crippen LogP contribution is 2.38. The Hall–Kier alpha value is -1.94. The fraction of sp³-hybridized carbons (Fsp3) is 0.789. The normalized spacial score (nSPS) is 23.5. The minimum atomic E-state index is -0.772. The van der Waals surface area contributed by atoms with Crippen molar-refractivity contribution in [3.05, 3.63) is 11.7 Å². The van der Waals surface area contributed by atoms with Crippen molar-refractivity contribution in [1.82, 2.24) is 19.9 Å². The maximum atomic E-state index is 13.1. The molecule has 2 fully saturated rings. The molecule has 1 atom stereocenters. The second kappa shape index (κ2) is 8.17. The van der Waals surface area contributed by atoms with Crippen molar-refractivity contribution in [3.8, 4) is 6.07 Å². The monoisotopic (exact) mass is 359 g/mol. The molecule has 142 valence electrons. The van der Waals surface area contributed by atoms with Crippen LogP contribution in [0.5, 0.6) is 0 Å². The minimum Gasteiger partial charge on any atom is -0.341 e. The average molecular weight is 359 g/mol. The molecule has 7 heteroatoms. The topological polar surface area (TPSA) is 86.3 Å². The molecule has 2 aliphatic rings. The van der Waals surface area contributed by atoms with Gasteiger partial charge < -0.3 is 9.42 Å². The average Bonchev–Trinajstić information content (AvgIpc) is 2.92. The maximum absolute atomic E-state index is 13.1. The van der Waals surface area contributed by atoms with E-state index in [4.69, 9.17) is 4.52 Å². The van der Waals surface area contributed by atoms with Crippen LogP contribution in [0.2, 0.25) is 0 Å². The Morgan fingerprint density at radius 1 is 1.31 bits per heavy atom. The van der Waals surface area contributed by atoms with E-state index >= 15 is 0 Å². The van der Waals surface area contributed by atoms with Gasteiger partial charge in [0.2, 0.25) is 11.8 Å². The number of aromatic nitrogens is 2. The van der Waals surface area contributed by atoms with Crippen LogP contribution in [0.4, 0.5) is 0 Å². The number of hydrogen-bond donors (Lipinski definition) is 0. The predicted molar refractivity (Wildman–Crippen MR) is 95.9 cm³/mol. The van der Waals surface area contributed by atoms with Crippen LogP contribution in [-0.2, 0) is 11.3 Å². The summed E-state index contributed by atoms with van der Waals surface area (Å²) < 4.78 is 5.05. The number of hydrogen-bond acceptors (Lipinski definition) is 6. The third-order valence-corrected chi connectivity index (χ3v) is 5.90. The smallest absolute Gasteiger partial charge is 0.243 e. The summed E-state index contributed by atoms with van der Waals surface area (Å²) in [6, 6.07) is 2.76. The molecule has 26 heavy (non-hydrogen) atoms. The fourth-order valence-electron chi connectivity index (χ4n) is 4.31. The van der Waals surface area contributed by atoms with Crippen molar-refractivity contribution in [3.63, 3.8) is 0 Å². The fourth-order valence-corrected chi connectivity index (χ4v) is 4.31. The van der Waals surface area contributed by atoms with Gasteiger partial charge in [-0.1, -0.05) is 24.4 Å². The molecule has 1 aromatic heterocycles. The molecule has 1 aliphatic heterocycles. The van der Waals surface area contributed by atoms with E-state index in [1.807, 2.05) is 4.90 Å². The number of carbonyl (C=O) groups excluding carboxylic acids is 1. The van der Waals surface area contributed by atoms with Crippen LogP contribution in [-0.4, -0.2) is 52.0 Å². The number of likely N-dealkylation sites (tertiary alicyclic amines) is 1. The zero-order chi connectivity index (χ0) is 18.6. The summed E-state index contributed by atoms with van der Waals surface area (Å²) in [5.41, 5.74) is -0.772. The molecular formula is C19H29N5O2. The second-order valence-corrected chi connectivity index (χ2v) is 7.78. The molecule has 0 unspecified atom stereocenters. The first-order chi connectivity index (χ1) is 12.5. The summed E-state index contributed by atoms with van der Waals surface area (Å²) in [6.45, 7) is 3.93. The molecule has 0 bridgehead atoms. The predicted octanol–water partition coefficient (Wildman–Crippen LogP) is 2.67. The third-order valence-electron chi connectivity index (χ3n) is 5.90. The highest BCUT2D eigenvalue weighted by atomic mass is 16.5. The number of nitrogens with zero attached hydrogens (tertiary/aromatic N) is 5. The second-order valence-electron chi connectivity index (χ2n) is 7.78. The van der Waals surface area contributed by atoms with Gasteiger partial charge in [-0.3, -0.25) is 9.69 Å². The largest absolute Gasteiger partial charge is 0.341 e. The van der Waals surface area contributed by atoms with Crippen molar-refractivity contribution in [1.29, 1.82) is 5.26 Å². The lowest BCUT2D eigenvalue weighted by Crippen LogP contribution is -2.45. The van der Waals surface area contributed by atoms with Crippen LogP contribution in [0.15, 0.2) is 4.52 Å². The van der Waals surface area contributed by atoms with Gasteiger partial charge in [0, 0.05) is 26.1 Å². The molecule has 1 amide bonds. The van der Waals surface area contributed by atoms with Crippen LogP contribution < -0.4 is 0 Å². The van der Waals surface area contributed by atoms with Crippen molar-refractivity contribution in [2.45, 2.75) is 70.9 Å². The Bertz CT molecular complexity index is 659. The Morgan fingerprint density at radius 3 is 2.73 bits per heavy atom. The minimum absolute atomic E-state index is 0.0665. The molecule has 3 rings (SSSR count). The first kappa shape index (κ1) is 18.8. The van der Waals surface area contributed by atoms with E-state index in [0.717, 1.165) is 64.5 Å². The van der Waals surface area contributed by atoms with E-state index in [0.29, 0.717) is 24.3 Å². The van der Waals surface area contributed by atoms with Crippen LogP contribution >= 0.6 is 0 Å². The number of amides is 1. The van der Waals surface area contributed by atoms with Gasteiger partial charge in [0.1, 0.15) is 5.41 Å². The number of rotatable bonds is 4. The Balaban J connectivity index is 1.59. The standard InChI is InChI=1S/C19H29N5O2/c1-15-21-17(22-26-15)13-23(2)16-7-6-11-24(12-8-16)18(25)19(14-20)9-4-3-5-10-19/h16H,3-13H2,1-2H3/t16-/m0/s1. The first-order valence-corrected chi connectivity index (χ1v) is 9.74. The zero-order valence-corrected chi connectivity index (χ0v) is 15.9. The molecule has 0 radical (unpaired) electrons. The van der Waals surface area contributed by atoms with E-state index in [2.05, 4.69) is 28.2 Å². The van der Waals surface area contributed by atoms with Gasteiger partial charge in [0.15, 0.2) is 5.82 Å². The molecule has 0 spiro atoms. The zero-order valence-electron chi connectivity index (χ0n) is 15.9. The molecule has 0 aromatic carbocycles. The Kier molecular flexibility index (Phi) is 5.92. The summed E-state index contributed by atoms with van der Waals surface area (Å²) in [5, 5.41) is 13.7. The van der Waals surface area contributed by atoms with E-state index in [-0.39, 0.29) is 5.91 Å². The summed E-state index contributed by atoms with van der Waals surface area (Å²) in [6.07, 6.45) is 7.48. The van der Waals surface area contributed by atoms with Crippen LogP contribution in [0.25, 0.3) is 0 Å². The van der Waals surface area contributed by atoms with E-state index < -0.39 is 5.41 Å². The summed E-state index contributed by atoms with van der Waals surface area (Å²) in [4.78, 5) is 21.6. The number of aryl methyl sites for hydroxylation is 1. The number of carbonyl (C=O) groups is 1. The van der Waals surface area contributed by atoms with Gasteiger partial charge in [0.25, 0.3) is 0 Å². The SMILES string of the molecule is Cc1nc(CN(C)[C@H]2CCCN(C(=O)C3(C#N)CCCCC3)CC2)no1. The third kappa shape index (κ3) is 4.07. The van der Waals surface area contributed by atoms with Gasteiger partial charge in [-0.05, 0) is 39.2 Å². The summed E-state index contributed by atoms with van der Waals surface area (Å²) in [7, 11) is 2.08. The van der Waals surface area contributed by atoms with Crippen LogP contribution in [0.1, 0.15) is 63.1 Å². The Morgan fingerprint density at radius 2 is 2.08 bits per heavy atom. The lowest BCUT2D eigenvalue weighted by Gasteiger charge is -2.34. The van der Waals surface area contributed by atoms with Gasteiger partial charge >= 0.3 is 0 Å². The first-order valence-electron chi connectivity index (χ1n) is 9.74. The highest BCUT2D eigenvalue weighted by molar-refractivity contribution is 5.85. The molecule has 1 saturated heterocycles. The van der Waals surface area contributed by atoms with E-state index in [9.17, 15) is 10.1 Å². The molecule has 7 nitrogen and oxygen atoms in total. The van der Waals surface area contributed by atoms with Gasteiger partial charge in [-0.15, -0.1) is 0 Å². The van der Waals surface area contributed by atoms with Gasteiger partial charge in [-0.25, -0.2) is 0 Å². The van der Waals surface area contributed by atoms with Crippen molar-refractivity contribution >= 4 is 5.91 Å². The lowest BCUT2D eigenvalue weighted by atomic mass is 9.74. The quantitative estimate of drug-likeness (QED) is 0.821. The molecule has 1 aliphatic carbocycles. The summed E-state index contributed by atoms with van der Waals surface area (Å²) in [5.74, 6) is 1.35. The molecular weight excluding hydrogens is 330 g/mol. The van der Waals surface area contributed by atoms with Gasteiger partial charge in [0.05, 0.1) is 12.6 Å². The Labute approximate surface area is 155 Å². The highest BCUT2D eigenvalue weighted by Gasteiger charge is 2.42. The number of nitriles is 1. The van der Waals surface area contributed by atoms with Crippen molar-refractivity contribution < 1.29 is 9.32 Å². The van der Waals surface area contributed by atoms with E-state index in [1.165, 1.54) is 0 Å².